The smallest absolute Gasteiger partial charge is 0.102 e. The predicted octanol–water partition coefficient (Wildman–Crippen LogP) is 1.94. The largest absolute Gasteiger partial charge is 0.384 e. The SMILES string of the molecule is CCCC(O)(CN)c1ccc(C)cc1. The van der Waals surface area contributed by atoms with Crippen molar-refractivity contribution in [3.63, 3.8) is 0 Å². The summed E-state index contributed by atoms with van der Waals surface area (Å²) in [6.07, 6.45) is 1.65. The maximum absolute atomic E-state index is 10.3. The van der Waals surface area contributed by atoms with Crippen molar-refractivity contribution in [3.05, 3.63) is 35.4 Å². The molecule has 2 heteroatoms. The number of rotatable bonds is 4. The molecule has 0 saturated heterocycles. The molecule has 0 aliphatic rings. The third-order valence-corrected chi connectivity index (χ3v) is 2.59. The Morgan fingerprint density at radius 2 is 1.86 bits per heavy atom. The fraction of sp³-hybridized carbons (Fsp3) is 0.500. The van der Waals surface area contributed by atoms with E-state index in [1.807, 2.05) is 31.2 Å². The van der Waals surface area contributed by atoms with Crippen LogP contribution in [0.25, 0.3) is 0 Å². The van der Waals surface area contributed by atoms with E-state index < -0.39 is 5.60 Å². The lowest BCUT2D eigenvalue weighted by Gasteiger charge is -2.26. The maximum Gasteiger partial charge on any atom is 0.102 e. The first-order valence-electron chi connectivity index (χ1n) is 5.12. The lowest BCUT2D eigenvalue weighted by molar-refractivity contribution is 0.0359. The Kier molecular flexibility index (Phi) is 3.67. The van der Waals surface area contributed by atoms with E-state index in [1.165, 1.54) is 5.56 Å². The standard InChI is InChI=1S/C12H19NO/c1-3-8-12(14,9-13)11-6-4-10(2)5-7-11/h4-7,14H,3,8-9,13H2,1-2H3. The highest BCUT2D eigenvalue weighted by Gasteiger charge is 2.25. The molecular formula is C12H19NO. The fourth-order valence-electron chi connectivity index (χ4n) is 1.64. The highest BCUT2D eigenvalue weighted by Crippen LogP contribution is 2.25. The number of benzene rings is 1. The van der Waals surface area contributed by atoms with Gasteiger partial charge in [0.1, 0.15) is 5.60 Å². The first kappa shape index (κ1) is 11.2. The minimum absolute atomic E-state index is 0.282. The van der Waals surface area contributed by atoms with E-state index in [9.17, 15) is 5.11 Å². The Morgan fingerprint density at radius 3 is 2.29 bits per heavy atom. The number of aryl methyl sites for hydroxylation is 1. The molecular weight excluding hydrogens is 174 g/mol. The predicted molar refractivity (Wildman–Crippen MR) is 59.0 cm³/mol. The molecule has 0 saturated carbocycles. The molecule has 3 N–H and O–H groups in total. The van der Waals surface area contributed by atoms with Crippen molar-refractivity contribution >= 4 is 0 Å². The van der Waals surface area contributed by atoms with Gasteiger partial charge < -0.3 is 10.8 Å². The number of hydrogen-bond donors (Lipinski definition) is 2. The number of aliphatic hydroxyl groups is 1. The van der Waals surface area contributed by atoms with Crippen LogP contribution in [0.4, 0.5) is 0 Å². The summed E-state index contributed by atoms with van der Waals surface area (Å²) in [5.74, 6) is 0. The van der Waals surface area contributed by atoms with Gasteiger partial charge in [-0.1, -0.05) is 43.2 Å². The van der Waals surface area contributed by atoms with Gasteiger partial charge in [0.05, 0.1) is 0 Å². The molecule has 2 nitrogen and oxygen atoms in total. The molecule has 1 aromatic carbocycles. The van der Waals surface area contributed by atoms with Gasteiger partial charge in [0.15, 0.2) is 0 Å². The molecule has 0 fully saturated rings. The van der Waals surface area contributed by atoms with Crippen LogP contribution in [-0.4, -0.2) is 11.7 Å². The zero-order valence-electron chi connectivity index (χ0n) is 8.96. The monoisotopic (exact) mass is 193 g/mol. The van der Waals surface area contributed by atoms with Gasteiger partial charge in [0.2, 0.25) is 0 Å². The minimum atomic E-state index is -0.845. The molecule has 0 spiro atoms. The first-order valence-corrected chi connectivity index (χ1v) is 5.12. The van der Waals surface area contributed by atoms with Gasteiger partial charge in [-0.15, -0.1) is 0 Å². The molecule has 0 aromatic heterocycles. The molecule has 78 valence electrons. The summed E-state index contributed by atoms with van der Waals surface area (Å²) < 4.78 is 0. The third-order valence-electron chi connectivity index (χ3n) is 2.59. The first-order chi connectivity index (χ1) is 6.62. The van der Waals surface area contributed by atoms with Gasteiger partial charge in [0, 0.05) is 6.54 Å². The van der Waals surface area contributed by atoms with Crippen LogP contribution in [0.5, 0.6) is 0 Å². The highest BCUT2D eigenvalue weighted by atomic mass is 16.3. The molecule has 0 bridgehead atoms. The van der Waals surface area contributed by atoms with E-state index in [4.69, 9.17) is 5.73 Å². The molecule has 0 heterocycles. The Morgan fingerprint density at radius 1 is 1.29 bits per heavy atom. The van der Waals surface area contributed by atoms with Crippen LogP contribution < -0.4 is 5.73 Å². The van der Waals surface area contributed by atoms with Crippen molar-refractivity contribution in [1.29, 1.82) is 0 Å². The third kappa shape index (κ3) is 2.34. The highest BCUT2D eigenvalue weighted by molar-refractivity contribution is 5.26. The molecule has 14 heavy (non-hydrogen) atoms. The molecule has 0 radical (unpaired) electrons. The second kappa shape index (κ2) is 4.58. The van der Waals surface area contributed by atoms with Gasteiger partial charge in [-0.25, -0.2) is 0 Å². The van der Waals surface area contributed by atoms with E-state index >= 15 is 0 Å². The Bertz CT molecular complexity index is 281. The molecule has 0 amide bonds. The van der Waals surface area contributed by atoms with E-state index in [1.54, 1.807) is 0 Å². The second-order valence-corrected chi connectivity index (χ2v) is 3.85. The zero-order chi connectivity index (χ0) is 10.6. The second-order valence-electron chi connectivity index (χ2n) is 3.85. The average molecular weight is 193 g/mol. The van der Waals surface area contributed by atoms with Crippen LogP contribution in [0.15, 0.2) is 24.3 Å². The summed E-state index contributed by atoms with van der Waals surface area (Å²) in [4.78, 5) is 0. The van der Waals surface area contributed by atoms with Gasteiger partial charge in [0.25, 0.3) is 0 Å². The van der Waals surface area contributed by atoms with Crippen LogP contribution in [0, 0.1) is 6.92 Å². The summed E-state index contributed by atoms with van der Waals surface area (Å²) in [5, 5.41) is 10.3. The van der Waals surface area contributed by atoms with Crippen LogP contribution in [0.3, 0.4) is 0 Å². The Balaban J connectivity index is 2.94. The quantitative estimate of drug-likeness (QED) is 0.767. The van der Waals surface area contributed by atoms with E-state index in [-0.39, 0.29) is 6.54 Å². The lowest BCUT2D eigenvalue weighted by atomic mass is 9.89. The molecule has 1 aromatic rings. The van der Waals surface area contributed by atoms with Crippen molar-refractivity contribution < 1.29 is 5.11 Å². The molecule has 0 aliphatic heterocycles. The Labute approximate surface area is 85.8 Å². The van der Waals surface area contributed by atoms with Crippen LogP contribution in [0.2, 0.25) is 0 Å². The van der Waals surface area contributed by atoms with Crippen LogP contribution in [-0.2, 0) is 5.60 Å². The van der Waals surface area contributed by atoms with Crippen LogP contribution >= 0.6 is 0 Å². The van der Waals surface area contributed by atoms with Crippen LogP contribution in [0.1, 0.15) is 30.9 Å². The zero-order valence-corrected chi connectivity index (χ0v) is 8.96. The number of hydrogen-bond acceptors (Lipinski definition) is 2. The summed E-state index contributed by atoms with van der Waals surface area (Å²) in [5.41, 5.74) is 6.89. The summed E-state index contributed by atoms with van der Waals surface area (Å²) >= 11 is 0. The minimum Gasteiger partial charge on any atom is -0.384 e. The molecule has 0 aliphatic carbocycles. The summed E-state index contributed by atoms with van der Waals surface area (Å²) in [6, 6.07) is 7.92. The van der Waals surface area contributed by atoms with Crippen molar-refractivity contribution in [1.82, 2.24) is 0 Å². The molecule has 1 unspecified atom stereocenters. The maximum atomic E-state index is 10.3. The summed E-state index contributed by atoms with van der Waals surface area (Å²) in [6.45, 7) is 4.36. The van der Waals surface area contributed by atoms with Crippen molar-refractivity contribution in [2.75, 3.05) is 6.54 Å². The van der Waals surface area contributed by atoms with E-state index in [2.05, 4.69) is 6.92 Å². The van der Waals surface area contributed by atoms with Crippen molar-refractivity contribution in [2.24, 2.45) is 5.73 Å². The lowest BCUT2D eigenvalue weighted by Crippen LogP contribution is -2.34. The fourth-order valence-corrected chi connectivity index (χ4v) is 1.64. The molecule has 1 atom stereocenters. The Hall–Kier alpha value is -0.860. The van der Waals surface area contributed by atoms with Gasteiger partial charge in [-0.2, -0.15) is 0 Å². The van der Waals surface area contributed by atoms with Crippen molar-refractivity contribution in [2.45, 2.75) is 32.3 Å². The van der Waals surface area contributed by atoms with E-state index in [0.717, 1.165) is 12.0 Å². The topological polar surface area (TPSA) is 46.2 Å². The average Bonchev–Trinajstić information content (AvgIpc) is 2.19. The van der Waals surface area contributed by atoms with E-state index in [0.29, 0.717) is 6.42 Å². The normalized spacial score (nSPS) is 15.1. The molecule has 1 rings (SSSR count). The number of nitrogens with two attached hydrogens (primary N) is 1. The van der Waals surface area contributed by atoms with Gasteiger partial charge in [-0.3, -0.25) is 0 Å². The van der Waals surface area contributed by atoms with Gasteiger partial charge in [-0.05, 0) is 18.9 Å². The van der Waals surface area contributed by atoms with Gasteiger partial charge >= 0.3 is 0 Å². The van der Waals surface area contributed by atoms with Crippen molar-refractivity contribution in [3.8, 4) is 0 Å². The summed E-state index contributed by atoms with van der Waals surface area (Å²) in [7, 11) is 0.